The quantitative estimate of drug-likeness (QED) is 0.102. The molecule has 0 atom stereocenters. The first-order valence-electron chi connectivity index (χ1n) is 15.7. The highest BCUT2D eigenvalue weighted by Crippen LogP contribution is 2.24. The Bertz CT molecular complexity index is 393. The summed E-state index contributed by atoms with van der Waals surface area (Å²) in [5, 5.41) is 0. The molecular formula is C32H63N. The molecule has 1 nitrogen and oxygen atoms in total. The van der Waals surface area contributed by atoms with Crippen molar-refractivity contribution in [2.24, 2.45) is 5.92 Å². The number of likely N-dealkylation sites (tertiary alicyclic amines) is 1. The average molecular weight is 462 g/mol. The Hall–Kier alpha value is -0.300. The lowest BCUT2D eigenvalue weighted by molar-refractivity contribution is 0.174. The van der Waals surface area contributed by atoms with Crippen LogP contribution in [-0.2, 0) is 0 Å². The molecule has 0 bridgehead atoms. The van der Waals surface area contributed by atoms with Gasteiger partial charge in [-0.2, -0.15) is 0 Å². The van der Waals surface area contributed by atoms with Gasteiger partial charge in [-0.3, -0.25) is 0 Å². The van der Waals surface area contributed by atoms with Crippen molar-refractivity contribution in [3.8, 4) is 0 Å². The molecule has 1 aliphatic heterocycles. The van der Waals surface area contributed by atoms with Crippen LogP contribution in [0.1, 0.15) is 168 Å². The monoisotopic (exact) mass is 461 g/mol. The van der Waals surface area contributed by atoms with Gasteiger partial charge < -0.3 is 4.90 Å². The molecule has 1 aliphatic rings. The van der Waals surface area contributed by atoms with Gasteiger partial charge in [-0.15, -0.1) is 0 Å². The fraction of sp³-hybridized carbons (Fsp3) is 0.938. The molecule has 0 aromatic carbocycles. The van der Waals surface area contributed by atoms with E-state index in [0.29, 0.717) is 0 Å². The summed E-state index contributed by atoms with van der Waals surface area (Å²) in [4.78, 5) is 2.76. The van der Waals surface area contributed by atoms with Crippen LogP contribution in [0.3, 0.4) is 0 Å². The summed E-state index contributed by atoms with van der Waals surface area (Å²) < 4.78 is 0. The minimum Gasteiger partial charge on any atom is -0.303 e. The highest BCUT2D eigenvalue weighted by Gasteiger charge is 2.18. The molecule has 1 saturated heterocycles. The van der Waals surface area contributed by atoms with Crippen LogP contribution in [0.25, 0.3) is 0 Å². The van der Waals surface area contributed by atoms with Gasteiger partial charge in [-0.25, -0.2) is 0 Å². The smallest absolute Gasteiger partial charge is 0.00161 e. The number of hydrogen-bond donors (Lipinski definition) is 0. The maximum Gasteiger partial charge on any atom is -0.00161 e. The number of nitrogens with zero attached hydrogens (tertiary/aromatic N) is 1. The molecule has 0 aliphatic carbocycles. The molecule has 0 radical (unpaired) electrons. The summed E-state index contributed by atoms with van der Waals surface area (Å²) in [6, 6.07) is 0. The first-order valence-corrected chi connectivity index (χ1v) is 15.7. The van der Waals surface area contributed by atoms with Crippen LogP contribution < -0.4 is 0 Å². The molecule has 0 aromatic rings. The largest absolute Gasteiger partial charge is 0.303 e. The van der Waals surface area contributed by atoms with Gasteiger partial charge in [0.15, 0.2) is 0 Å². The van der Waals surface area contributed by atoms with E-state index in [1.54, 1.807) is 0 Å². The summed E-state index contributed by atoms with van der Waals surface area (Å²) in [7, 11) is 0. The molecule has 33 heavy (non-hydrogen) atoms. The van der Waals surface area contributed by atoms with Crippen molar-refractivity contribution in [2.45, 2.75) is 168 Å². The fourth-order valence-electron chi connectivity index (χ4n) is 5.47. The third-order valence-corrected chi connectivity index (χ3v) is 7.91. The minimum absolute atomic E-state index is 1.04. The Kier molecular flexibility index (Phi) is 23.1. The van der Waals surface area contributed by atoms with Crippen molar-refractivity contribution >= 4 is 0 Å². The summed E-state index contributed by atoms with van der Waals surface area (Å²) in [6.45, 7) is 8.74. The summed E-state index contributed by atoms with van der Waals surface area (Å²) in [6.07, 6.45) is 39.3. The van der Waals surface area contributed by atoms with E-state index in [1.165, 1.54) is 174 Å². The van der Waals surface area contributed by atoms with Gasteiger partial charge in [0.05, 0.1) is 0 Å². The van der Waals surface area contributed by atoms with Crippen LogP contribution in [0, 0.1) is 5.92 Å². The summed E-state index contributed by atoms with van der Waals surface area (Å²) in [5.41, 5.74) is 0. The average Bonchev–Trinajstić information content (AvgIpc) is 2.84. The Morgan fingerprint density at radius 1 is 0.515 bits per heavy atom. The van der Waals surface area contributed by atoms with Gasteiger partial charge in [0, 0.05) is 0 Å². The zero-order chi connectivity index (χ0) is 23.7. The first-order chi connectivity index (χ1) is 16.4. The van der Waals surface area contributed by atoms with Gasteiger partial charge in [0.1, 0.15) is 0 Å². The zero-order valence-corrected chi connectivity index (χ0v) is 23.3. The Morgan fingerprint density at radius 2 is 0.939 bits per heavy atom. The molecule has 196 valence electrons. The lowest BCUT2D eigenvalue weighted by atomic mass is 9.91. The maximum atomic E-state index is 2.76. The van der Waals surface area contributed by atoms with Crippen LogP contribution in [0.2, 0.25) is 0 Å². The normalized spacial score (nSPS) is 15.7. The second-order valence-corrected chi connectivity index (χ2v) is 11.1. The van der Waals surface area contributed by atoms with Crippen molar-refractivity contribution in [3.05, 3.63) is 12.2 Å². The highest BCUT2D eigenvalue weighted by atomic mass is 15.1. The first kappa shape index (κ1) is 30.7. The number of piperidine rings is 1. The predicted octanol–water partition coefficient (Wildman–Crippen LogP) is 10.9. The van der Waals surface area contributed by atoms with Crippen molar-refractivity contribution in [2.75, 3.05) is 19.6 Å². The lowest BCUT2D eigenvalue weighted by Gasteiger charge is -2.32. The van der Waals surface area contributed by atoms with E-state index in [1.807, 2.05) is 0 Å². The standard InChI is InChI=1S/C32H63N/c1-3-5-7-9-11-12-13-14-15-16-17-18-19-21-23-25-29-33-30-27-32(28-31-33)26-24-22-20-10-8-6-4-2/h14-15,32H,3-13,16-31H2,1-2H3/b15-14-. The van der Waals surface area contributed by atoms with Crippen LogP contribution in [0.15, 0.2) is 12.2 Å². The number of hydrogen-bond acceptors (Lipinski definition) is 1. The minimum atomic E-state index is 1.04. The van der Waals surface area contributed by atoms with Gasteiger partial charge in [0.25, 0.3) is 0 Å². The Balaban J connectivity index is 1.78. The van der Waals surface area contributed by atoms with E-state index in [0.717, 1.165) is 5.92 Å². The Labute approximate surface area is 210 Å². The third-order valence-electron chi connectivity index (χ3n) is 7.91. The number of allylic oxidation sites excluding steroid dienone is 2. The summed E-state index contributed by atoms with van der Waals surface area (Å²) >= 11 is 0. The van der Waals surface area contributed by atoms with E-state index in [4.69, 9.17) is 0 Å². The van der Waals surface area contributed by atoms with Crippen LogP contribution in [0.4, 0.5) is 0 Å². The maximum absolute atomic E-state index is 2.76. The highest BCUT2D eigenvalue weighted by molar-refractivity contribution is 4.81. The van der Waals surface area contributed by atoms with E-state index in [9.17, 15) is 0 Å². The summed E-state index contributed by atoms with van der Waals surface area (Å²) in [5.74, 6) is 1.04. The van der Waals surface area contributed by atoms with Crippen LogP contribution >= 0.6 is 0 Å². The van der Waals surface area contributed by atoms with Gasteiger partial charge >= 0.3 is 0 Å². The molecule has 1 fully saturated rings. The van der Waals surface area contributed by atoms with Gasteiger partial charge in [-0.1, -0.05) is 135 Å². The molecule has 0 aromatic heterocycles. The van der Waals surface area contributed by atoms with Gasteiger partial charge in [0.2, 0.25) is 0 Å². The lowest BCUT2D eigenvalue weighted by Crippen LogP contribution is -2.34. The van der Waals surface area contributed by atoms with E-state index in [2.05, 4.69) is 30.9 Å². The van der Waals surface area contributed by atoms with E-state index >= 15 is 0 Å². The molecule has 1 heterocycles. The van der Waals surface area contributed by atoms with Gasteiger partial charge in [-0.05, 0) is 70.5 Å². The fourth-order valence-corrected chi connectivity index (χ4v) is 5.47. The van der Waals surface area contributed by atoms with E-state index in [-0.39, 0.29) is 0 Å². The second-order valence-electron chi connectivity index (χ2n) is 11.1. The topological polar surface area (TPSA) is 3.24 Å². The van der Waals surface area contributed by atoms with Crippen molar-refractivity contribution in [1.29, 1.82) is 0 Å². The number of unbranched alkanes of at least 4 members (excludes halogenated alkanes) is 18. The predicted molar refractivity (Wildman–Crippen MR) is 151 cm³/mol. The number of rotatable bonds is 24. The SMILES string of the molecule is CCCCCCCC/C=C\CCCCCCCCN1CCC(CCCCCCCCC)CC1. The van der Waals surface area contributed by atoms with Crippen molar-refractivity contribution in [3.63, 3.8) is 0 Å². The Morgan fingerprint density at radius 3 is 1.45 bits per heavy atom. The molecule has 1 rings (SSSR count). The van der Waals surface area contributed by atoms with Crippen LogP contribution in [-0.4, -0.2) is 24.5 Å². The third kappa shape index (κ3) is 20.8. The van der Waals surface area contributed by atoms with Crippen molar-refractivity contribution < 1.29 is 0 Å². The molecule has 0 saturated carbocycles. The van der Waals surface area contributed by atoms with Crippen molar-refractivity contribution in [1.82, 2.24) is 4.90 Å². The molecular weight excluding hydrogens is 398 g/mol. The molecule has 1 heteroatoms. The van der Waals surface area contributed by atoms with Crippen LogP contribution in [0.5, 0.6) is 0 Å². The zero-order valence-electron chi connectivity index (χ0n) is 23.3. The van der Waals surface area contributed by atoms with E-state index < -0.39 is 0 Å². The second kappa shape index (κ2) is 24.8. The molecule has 0 amide bonds. The molecule has 0 unspecified atom stereocenters. The molecule has 0 spiro atoms. The molecule has 0 N–H and O–H groups in total.